The van der Waals surface area contributed by atoms with Crippen LogP contribution in [0.15, 0.2) is 42.7 Å². The Balaban J connectivity index is 1.76. The Bertz CT molecular complexity index is 1140. The van der Waals surface area contributed by atoms with Crippen molar-refractivity contribution in [3.8, 4) is 0 Å². The number of amides is 1. The van der Waals surface area contributed by atoms with Gasteiger partial charge in [-0.15, -0.1) is 11.3 Å². The average molecular weight is 489 g/mol. The van der Waals surface area contributed by atoms with E-state index in [9.17, 15) is 35.9 Å². The second-order valence-electron chi connectivity index (χ2n) is 6.60. The zero-order valence-corrected chi connectivity index (χ0v) is 17.4. The number of halogens is 6. The summed E-state index contributed by atoms with van der Waals surface area (Å²) in [6.45, 7) is 0. The maximum Gasteiger partial charge on any atom is 0.416 e. The summed E-state index contributed by atoms with van der Waals surface area (Å²) in [5, 5.41) is 2.49. The summed E-state index contributed by atoms with van der Waals surface area (Å²) in [6, 6.07) is 3.94. The molecule has 0 aliphatic carbocycles. The molecule has 174 valence electrons. The van der Waals surface area contributed by atoms with E-state index in [1.807, 2.05) is 0 Å². The lowest BCUT2D eigenvalue weighted by atomic mass is 10.0. The highest BCUT2D eigenvalue weighted by molar-refractivity contribution is 7.15. The molecule has 0 spiro atoms. The molecule has 3 rings (SSSR count). The Hall–Kier alpha value is -3.48. The number of pyridine rings is 1. The lowest BCUT2D eigenvalue weighted by Gasteiger charge is -2.13. The van der Waals surface area contributed by atoms with Gasteiger partial charge in [-0.3, -0.25) is 15.1 Å². The van der Waals surface area contributed by atoms with Gasteiger partial charge < -0.3 is 4.74 Å². The number of nitrogens with one attached hydrogen (secondary N) is 1. The van der Waals surface area contributed by atoms with Gasteiger partial charge in [-0.2, -0.15) is 26.3 Å². The van der Waals surface area contributed by atoms with Crippen LogP contribution in [0.1, 0.15) is 42.4 Å². The molecule has 1 N–H and O–H groups in total. The van der Waals surface area contributed by atoms with Crippen molar-refractivity contribution in [1.82, 2.24) is 9.97 Å². The number of thiazole rings is 1. The van der Waals surface area contributed by atoms with Gasteiger partial charge in [0.05, 0.1) is 23.8 Å². The molecule has 2 aromatic heterocycles. The molecule has 0 unspecified atom stereocenters. The quantitative estimate of drug-likeness (QED) is 0.393. The van der Waals surface area contributed by atoms with Crippen molar-refractivity contribution in [3.05, 3.63) is 75.6 Å². The lowest BCUT2D eigenvalue weighted by molar-refractivity contribution is -0.143. The third-order valence-electron chi connectivity index (χ3n) is 4.22. The molecule has 3 aromatic rings. The summed E-state index contributed by atoms with van der Waals surface area (Å²) in [6.07, 6.45) is -7.77. The number of aromatic nitrogens is 2. The topological polar surface area (TPSA) is 81.2 Å². The summed E-state index contributed by atoms with van der Waals surface area (Å²) in [5.41, 5.74) is -2.95. The highest BCUT2D eigenvalue weighted by atomic mass is 32.1. The number of carbonyl (C=O) groups is 2. The molecule has 0 aliphatic heterocycles. The van der Waals surface area contributed by atoms with Gasteiger partial charge in [-0.25, -0.2) is 9.78 Å². The van der Waals surface area contributed by atoms with Gasteiger partial charge in [-0.1, -0.05) is 0 Å². The van der Waals surface area contributed by atoms with Gasteiger partial charge in [0.15, 0.2) is 5.13 Å². The van der Waals surface area contributed by atoms with E-state index < -0.39 is 35.4 Å². The van der Waals surface area contributed by atoms with Crippen LogP contribution in [0.3, 0.4) is 0 Å². The predicted molar refractivity (Wildman–Crippen MR) is 105 cm³/mol. The Morgan fingerprint density at radius 2 is 1.61 bits per heavy atom. The van der Waals surface area contributed by atoms with Crippen molar-refractivity contribution in [2.45, 2.75) is 18.8 Å². The van der Waals surface area contributed by atoms with Crippen LogP contribution in [0.4, 0.5) is 31.5 Å². The first kappa shape index (κ1) is 24.2. The Labute approximate surface area is 186 Å². The molecule has 0 bridgehead atoms. The number of anilines is 1. The van der Waals surface area contributed by atoms with Crippen LogP contribution in [0.25, 0.3) is 0 Å². The average Bonchev–Trinajstić information content (AvgIpc) is 3.18. The third kappa shape index (κ3) is 6.06. The van der Waals surface area contributed by atoms with E-state index in [-0.39, 0.29) is 34.4 Å². The molecule has 0 aliphatic rings. The maximum atomic E-state index is 13.0. The van der Waals surface area contributed by atoms with Crippen molar-refractivity contribution in [1.29, 1.82) is 0 Å². The number of hydrogen-bond acceptors (Lipinski definition) is 6. The van der Waals surface area contributed by atoms with Crippen LogP contribution in [0.2, 0.25) is 0 Å². The SMILES string of the molecule is COC(=O)c1ccc(C(=O)Nc2ncc(Cc3cc(C(F)(F)F)cc(C(F)(F)F)c3)s2)nc1. The maximum absolute atomic E-state index is 13.0. The number of alkyl halides is 6. The minimum absolute atomic E-state index is 0.0490. The predicted octanol–water partition coefficient (Wildman–Crippen LogP) is 5.21. The zero-order chi connectivity index (χ0) is 24.4. The second kappa shape index (κ2) is 9.17. The van der Waals surface area contributed by atoms with E-state index in [1.165, 1.54) is 25.4 Å². The van der Waals surface area contributed by atoms with Gasteiger partial charge in [0.1, 0.15) is 5.69 Å². The summed E-state index contributed by atoms with van der Waals surface area (Å²) >= 11 is 0.882. The third-order valence-corrected chi connectivity index (χ3v) is 5.13. The summed E-state index contributed by atoms with van der Waals surface area (Å²) < 4.78 is 82.6. The lowest BCUT2D eigenvalue weighted by Crippen LogP contribution is -2.14. The minimum Gasteiger partial charge on any atom is -0.465 e. The fourth-order valence-electron chi connectivity index (χ4n) is 2.70. The molecule has 0 saturated carbocycles. The first-order valence-electron chi connectivity index (χ1n) is 8.95. The van der Waals surface area contributed by atoms with Crippen molar-refractivity contribution >= 4 is 28.3 Å². The molecule has 0 saturated heterocycles. The Morgan fingerprint density at radius 3 is 2.12 bits per heavy atom. The van der Waals surface area contributed by atoms with E-state index in [4.69, 9.17) is 0 Å². The molecule has 6 nitrogen and oxygen atoms in total. The molecular weight excluding hydrogens is 476 g/mol. The van der Waals surface area contributed by atoms with Crippen LogP contribution in [-0.4, -0.2) is 29.0 Å². The monoisotopic (exact) mass is 489 g/mol. The first-order valence-corrected chi connectivity index (χ1v) is 9.77. The van der Waals surface area contributed by atoms with Crippen molar-refractivity contribution in [2.75, 3.05) is 12.4 Å². The van der Waals surface area contributed by atoms with Gasteiger partial charge in [0, 0.05) is 23.7 Å². The zero-order valence-electron chi connectivity index (χ0n) is 16.5. The van der Waals surface area contributed by atoms with E-state index in [2.05, 4.69) is 20.0 Å². The van der Waals surface area contributed by atoms with Crippen LogP contribution in [0, 0.1) is 0 Å². The fraction of sp³-hybridized carbons (Fsp3) is 0.200. The molecule has 0 fully saturated rings. The van der Waals surface area contributed by atoms with Gasteiger partial charge in [0.25, 0.3) is 5.91 Å². The standard InChI is InChI=1S/C20H13F6N3O3S/c1-32-17(31)11-2-3-15(27-8-11)16(30)29-18-28-9-14(33-18)6-10-4-12(19(21,22)23)7-13(5-10)20(24,25)26/h2-5,7-9H,6H2,1H3,(H,28,29,30). The number of esters is 1. The molecule has 1 amide bonds. The van der Waals surface area contributed by atoms with E-state index >= 15 is 0 Å². The number of nitrogens with zero attached hydrogens (tertiary/aromatic N) is 2. The molecule has 33 heavy (non-hydrogen) atoms. The summed E-state index contributed by atoms with van der Waals surface area (Å²) in [5.74, 6) is -1.31. The Kier molecular flexibility index (Phi) is 6.72. The number of rotatable bonds is 5. The number of ether oxygens (including phenoxy) is 1. The Morgan fingerprint density at radius 1 is 0.970 bits per heavy atom. The number of benzene rings is 1. The van der Waals surface area contributed by atoms with E-state index in [0.717, 1.165) is 17.5 Å². The van der Waals surface area contributed by atoms with Crippen molar-refractivity contribution in [3.63, 3.8) is 0 Å². The molecule has 0 radical (unpaired) electrons. The van der Waals surface area contributed by atoms with Gasteiger partial charge in [-0.05, 0) is 35.9 Å². The van der Waals surface area contributed by atoms with Crippen LogP contribution < -0.4 is 5.32 Å². The molecular formula is C20H13F6N3O3S. The van der Waals surface area contributed by atoms with E-state index in [1.54, 1.807) is 0 Å². The van der Waals surface area contributed by atoms with Crippen LogP contribution in [0.5, 0.6) is 0 Å². The van der Waals surface area contributed by atoms with Gasteiger partial charge >= 0.3 is 18.3 Å². The van der Waals surface area contributed by atoms with Crippen molar-refractivity contribution < 1.29 is 40.7 Å². The molecule has 2 heterocycles. The number of carbonyl (C=O) groups excluding carboxylic acids is 2. The highest BCUT2D eigenvalue weighted by Crippen LogP contribution is 2.37. The van der Waals surface area contributed by atoms with Crippen LogP contribution >= 0.6 is 11.3 Å². The molecule has 0 atom stereocenters. The van der Waals surface area contributed by atoms with Crippen molar-refractivity contribution in [2.24, 2.45) is 0 Å². The van der Waals surface area contributed by atoms with Gasteiger partial charge in [0.2, 0.25) is 0 Å². The number of hydrogen-bond donors (Lipinski definition) is 1. The normalized spacial score (nSPS) is 11.8. The summed E-state index contributed by atoms with van der Waals surface area (Å²) in [4.78, 5) is 31.7. The minimum atomic E-state index is -4.95. The molecule has 13 heteroatoms. The molecule has 1 aromatic carbocycles. The summed E-state index contributed by atoms with van der Waals surface area (Å²) in [7, 11) is 1.19. The first-order chi connectivity index (χ1) is 15.4. The second-order valence-corrected chi connectivity index (χ2v) is 7.72. The van der Waals surface area contributed by atoms with Crippen LogP contribution in [-0.2, 0) is 23.5 Å². The smallest absolute Gasteiger partial charge is 0.416 e. The van der Waals surface area contributed by atoms with E-state index in [0.29, 0.717) is 17.0 Å². The fourth-order valence-corrected chi connectivity index (χ4v) is 3.54. The highest BCUT2D eigenvalue weighted by Gasteiger charge is 2.36. The largest absolute Gasteiger partial charge is 0.465 e. The number of methoxy groups -OCH3 is 1.